The molecule has 0 N–H and O–H groups in total. The largest absolute Gasteiger partial charge is 0.345 e. The fourth-order valence-electron chi connectivity index (χ4n) is 2.59. The van der Waals surface area contributed by atoms with Gasteiger partial charge in [-0.15, -0.1) is 0 Å². The molecule has 0 spiro atoms. The van der Waals surface area contributed by atoms with Crippen LogP contribution in [0, 0.1) is 19.8 Å². The Labute approximate surface area is 125 Å². The number of carbonyl (C=O) groups is 1. The van der Waals surface area contributed by atoms with Gasteiger partial charge in [-0.05, 0) is 31.7 Å². The van der Waals surface area contributed by atoms with Crippen LogP contribution in [0.5, 0.6) is 0 Å². The summed E-state index contributed by atoms with van der Waals surface area (Å²) in [7, 11) is 1.86. The van der Waals surface area contributed by atoms with Crippen LogP contribution >= 0.6 is 0 Å². The number of amides is 1. The molecule has 1 amide bonds. The molecule has 0 aliphatic rings. The van der Waals surface area contributed by atoms with Gasteiger partial charge in [-0.25, -0.2) is 9.50 Å². The van der Waals surface area contributed by atoms with Gasteiger partial charge in [0, 0.05) is 31.4 Å². The van der Waals surface area contributed by atoms with Gasteiger partial charge in [0.15, 0.2) is 0 Å². The van der Waals surface area contributed by atoms with Crippen LogP contribution < -0.4 is 0 Å². The molecule has 0 aromatic carbocycles. The average Bonchev–Trinajstić information content (AvgIpc) is 2.85. The summed E-state index contributed by atoms with van der Waals surface area (Å²) in [5, 5.41) is 4.17. The van der Waals surface area contributed by atoms with Gasteiger partial charge >= 0.3 is 0 Å². The van der Waals surface area contributed by atoms with Crippen molar-refractivity contribution >= 4 is 11.7 Å². The summed E-state index contributed by atoms with van der Waals surface area (Å²) in [4.78, 5) is 22.5. The van der Waals surface area contributed by atoms with Gasteiger partial charge in [-0.2, -0.15) is 10.1 Å². The summed E-state index contributed by atoms with van der Waals surface area (Å²) in [6.45, 7) is 8.96. The van der Waals surface area contributed by atoms with Gasteiger partial charge in [0.05, 0.1) is 0 Å². The van der Waals surface area contributed by atoms with E-state index in [0.717, 1.165) is 23.5 Å². The minimum absolute atomic E-state index is 0.168. The molecule has 2 aromatic rings. The summed E-state index contributed by atoms with van der Waals surface area (Å²) >= 11 is 0. The summed E-state index contributed by atoms with van der Waals surface area (Å²) in [6.07, 6.45) is 2.68. The van der Waals surface area contributed by atoms with Crippen LogP contribution in [0.3, 0.4) is 0 Å². The zero-order valence-electron chi connectivity index (χ0n) is 13.4. The first kappa shape index (κ1) is 15.4. The first-order valence-electron chi connectivity index (χ1n) is 7.30. The van der Waals surface area contributed by atoms with Crippen LogP contribution in [0.2, 0.25) is 0 Å². The summed E-state index contributed by atoms with van der Waals surface area (Å²) in [6, 6.07) is 0. The van der Waals surface area contributed by atoms with E-state index in [4.69, 9.17) is 0 Å². The van der Waals surface area contributed by atoms with Gasteiger partial charge in [0.2, 0.25) is 5.91 Å². The Balaban J connectivity index is 2.11. The van der Waals surface area contributed by atoms with E-state index >= 15 is 0 Å². The molecule has 0 atom stereocenters. The highest BCUT2D eigenvalue weighted by Gasteiger charge is 2.15. The summed E-state index contributed by atoms with van der Waals surface area (Å²) < 4.78 is 1.73. The average molecular weight is 289 g/mol. The van der Waals surface area contributed by atoms with E-state index in [1.807, 2.05) is 20.9 Å². The SMILES string of the molecule is Cc1nc2ncnn2c(C)c1CCC(=O)N(C)CC(C)C. The Morgan fingerprint density at radius 2 is 2.10 bits per heavy atom. The second-order valence-corrected chi connectivity index (χ2v) is 5.90. The van der Waals surface area contributed by atoms with Crippen molar-refractivity contribution in [3.8, 4) is 0 Å². The highest BCUT2D eigenvalue weighted by Crippen LogP contribution is 2.15. The molecule has 21 heavy (non-hydrogen) atoms. The molecule has 2 rings (SSSR count). The van der Waals surface area contributed by atoms with Crippen molar-refractivity contribution in [1.82, 2.24) is 24.5 Å². The molecule has 2 aromatic heterocycles. The van der Waals surface area contributed by atoms with Crippen LogP contribution in [-0.4, -0.2) is 44.0 Å². The maximum absolute atomic E-state index is 12.2. The van der Waals surface area contributed by atoms with Crippen LogP contribution in [-0.2, 0) is 11.2 Å². The van der Waals surface area contributed by atoms with Crippen molar-refractivity contribution in [3.63, 3.8) is 0 Å². The van der Waals surface area contributed by atoms with E-state index in [1.165, 1.54) is 6.33 Å². The molecular weight excluding hydrogens is 266 g/mol. The Hall–Kier alpha value is -1.98. The molecule has 0 fully saturated rings. The van der Waals surface area contributed by atoms with Gasteiger partial charge in [-0.1, -0.05) is 13.8 Å². The zero-order valence-corrected chi connectivity index (χ0v) is 13.4. The van der Waals surface area contributed by atoms with Crippen molar-refractivity contribution in [2.45, 2.75) is 40.5 Å². The van der Waals surface area contributed by atoms with Crippen molar-refractivity contribution in [3.05, 3.63) is 23.3 Å². The molecule has 0 saturated heterocycles. The molecule has 2 heterocycles. The third-order valence-corrected chi connectivity index (χ3v) is 3.64. The third-order valence-electron chi connectivity index (χ3n) is 3.64. The molecule has 0 aliphatic carbocycles. The van der Waals surface area contributed by atoms with Crippen molar-refractivity contribution in [2.75, 3.05) is 13.6 Å². The predicted molar refractivity (Wildman–Crippen MR) is 81.1 cm³/mol. The van der Waals surface area contributed by atoms with E-state index in [-0.39, 0.29) is 5.91 Å². The molecule has 6 heteroatoms. The van der Waals surface area contributed by atoms with Crippen LogP contribution in [0.1, 0.15) is 37.2 Å². The normalized spacial score (nSPS) is 11.3. The smallest absolute Gasteiger partial charge is 0.252 e. The van der Waals surface area contributed by atoms with Crippen molar-refractivity contribution < 1.29 is 4.79 Å². The number of rotatable bonds is 5. The Morgan fingerprint density at radius 3 is 2.76 bits per heavy atom. The fraction of sp³-hybridized carbons (Fsp3) is 0.600. The fourth-order valence-corrected chi connectivity index (χ4v) is 2.59. The molecule has 6 nitrogen and oxygen atoms in total. The molecule has 0 aliphatic heterocycles. The zero-order chi connectivity index (χ0) is 15.6. The quantitative estimate of drug-likeness (QED) is 0.842. The van der Waals surface area contributed by atoms with E-state index in [0.29, 0.717) is 24.5 Å². The highest BCUT2D eigenvalue weighted by molar-refractivity contribution is 5.76. The van der Waals surface area contributed by atoms with Crippen LogP contribution in [0.25, 0.3) is 5.78 Å². The minimum atomic E-state index is 0.168. The number of carbonyl (C=O) groups excluding carboxylic acids is 1. The number of fused-ring (bicyclic) bond motifs is 1. The topological polar surface area (TPSA) is 63.4 Å². The number of hydrogen-bond donors (Lipinski definition) is 0. The van der Waals surface area contributed by atoms with Gasteiger partial charge in [0.25, 0.3) is 5.78 Å². The Bertz CT molecular complexity index is 647. The van der Waals surface area contributed by atoms with Gasteiger partial charge in [-0.3, -0.25) is 4.79 Å². The molecule has 114 valence electrons. The lowest BCUT2D eigenvalue weighted by Gasteiger charge is -2.19. The Morgan fingerprint density at radius 1 is 1.38 bits per heavy atom. The lowest BCUT2D eigenvalue weighted by Crippen LogP contribution is -2.30. The Kier molecular flexibility index (Phi) is 4.55. The number of aromatic nitrogens is 4. The van der Waals surface area contributed by atoms with E-state index in [1.54, 1.807) is 9.42 Å². The van der Waals surface area contributed by atoms with Gasteiger partial charge in [0.1, 0.15) is 6.33 Å². The second kappa shape index (κ2) is 6.20. The second-order valence-electron chi connectivity index (χ2n) is 5.90. The maximum Gasteiger partial charge on any atom is 0.252 e. The maximum atomic E-state index is 12.2. The van der Waals surface area contributed by atoms with Crippen LogP contribution in [0.4, 0.5) is 0 Å². The molecule has 0 radical (unpaired) electrons. The highest BCUT2D eigenvalue weighted by atomic mass is 16.2. The van der Waals surface area contributed by atoms with Crippen molar-refractivity contribution in [2.24, 2.45) is 5.92 Å². The predicted octanol–water partition coefficient (Wildman–Crippen LogP) is 1.79. The van der Waals surface area contributed by atoms with Crippen LogP contribution in [0.15, 0.2) is 6.33 Å². The molecule has 0 bridgehead atoms. The number of hydrogen-bond acceptors (Lipinski definition) is 4. The lowest BCUT2D eigenvalue weighted by molar-refractivity contribution is -0.130. The van der Waals surface area contributed by atoms with Crippen molar-refractivity contribution in [1.29, 1.82) is 0 Å². The molecular formula is C15H23N5O. The first-order valence-corrected chi connectivity index (χ1v) is 7.30. The van der Waals surface area contributed by atoms with E-state index in [9.17, 15) is 4.79 Å². The molecule has 0 unspecified atom stereocenters. The third kappa shape index (κ3) is 3.37. The summed E-state index contributed by atoms with van der Waals surface area (Å²) in [5.41, 5.74) is 3.01. The lowest BCUT2D eigenvalue weighted by atomic mass is 10.1. The van der Waals surface area contributed by atoms with E-state index < -0.39 is 0 Å². The number of nitrogens with zero attached hydrogens (tertiary/aromatic N) is 5. The van der Waals surface area contributed by atoms with Gasteiger partial charge < -0.3 is 4.90 Å². The first-order chi connectivity index (χ1) is 9.90. The number of aryl methyl sites for hydroxylation is 2. The standard InChI is InChI=1S/C15H23N5O/c1-10(2)8-19(5)14(21)7-6-13-11(3)18-15-16-9-17-20(15)12(13)4/h9-10H,6-8H2,1-5H3. The molecule has 0 saturated carbocycles. The van der Waals surface area contributed by atoms with E-state index in [2.05, 4.69) is 28.9 Å². The summed E-state index contributed by atoms with van der Waals surface area (Å²) in [5.74, 6) is 1.26. The monoisotopic (exact) mass is 289 g/mol. The minimum Gasteiger partial charge on any atom is -0.345 e.